The van der Waals surface area contributed by atoms with E-state index in [2.05, 4.69) is 74.6 Å². The number of aliphatic hydroxyl groups excluding tert-OH is 1. The maximum Gasteiger partial charge on any atom is 0.306 e. The number of esters is 2. The molecular formula is C79H146O5. The van der Waals surface area contributed by atoms with E-state index in [0.717, 1.165) is 57.8 Å². The maximum atomic E-state index is 12.4. The molecule has 84 heavy (non-hydrogen) atoms. The summed E-state index contributed by atoms with van der Waals surface area (Å²) in [5, 5.41) is 9.72. The number of unbranched alkanes of at least 4 members (excludes halogenated alkanes) is 53. The third kappa shape index (κ3) is 72.1. The van der Waals surface area contributed by atoms with Gasteiger partial charge in [0, 0.05) is 12.8 Å². The monoisotopic (exact) mass is 1180 g/mol. The van der Waals surface area contributed by atoms with E-state index in [4.69, 9.17) is 9.47 Å². The van der Waals surface area contributed by atoms with Crippen LogP contribution in [0.15, 0.2) is 60.8 Å². The highest BCUT2D eigenvalue weighted by Gasteiger charge is 2.16. The van der Waals surface area contributed by atoms with Crippen LogP contribution in [0.3, 0.4) is 0 Å². The number of aliphatic hydroxyl groups is 1. The first-order chi connectivity index (χ1) is 41.6. The van der Waals surface area contributed by atoms with E-state index in [1.165, 1.54) is 327 Å². The first-order valence-electron chi connectivity index (χ1n) is 37.8. The molecule has 0 aromatic rings. The second kappa shape index (κ2) is 74.9. The molecule has 0 aromatic carbocycles. The zero-order chi connectivity index (χ0) is 60.5. The Morgan fingerprint density at radius 2 is 0.512 bits per heavy atom. The molecule has 0 rings (SSSR count). The van der Waals surface area contributed by atoms with Crippen molar-refractivity contribution in [3.05, 3.63) is 60.8 Å². The molecule has 5 nitrogen and oxygen atoms in total. The van der Waals surface area contributed by atoms with Gasteiger partial charge in [-0.25, -0.2) is 0 Å². The van der Waals surface area contributed by atoms with Crippen LogP contribution in [0.2, 0.25) is 0 Å². The molecule has 0 aromatic heterocycles. The van der Waals surface area contributed by atoms with Crippen molar-refractivity contribution < 1.29 is 24.2 Å². The molecule has 0 fully saturated rings. The zero-order valence-corrected chi connectivity index (χ0v) is 56.7. The lowest BCUT2D eigenvalue weighted by atomic mass is 10.0. The molecular weight excluding hydrogens is 1030 g/mol. The summed E-state index contributed by atoms with van der Waals surface area (Å²) in [5.41, 5.74) is 0. The fourth-order valence-corrected chi connectivity index (χ4v) is 11.7. The lowest BCUT2D eigenvalue weighted by molar-refractivity contribution is -0.161. The Balaban J connectivity index is 3.37. The van der Waals surface area contributed by atoms with Crippen LogP contribution in [-0.2, 0) is 19.1 Å². The largest absolute Gasteiger partial charge is 0.462 e. The number of allylic oxidation sites excluding steroid dienone is 10. The lowest BCUT2D eigenvalue weighted by Crippen LogP contribution is -2.28. The minimum absolute atomic E-state index is 0.0602. The fourth-order valence-electron chi connectivity index (χ4n) is 11.7. The van der Waals surface area contributed by atoms with Gasteiger partial charge in [0.15, 0.2) is 6.10 Å². The summed E-state index contributed by atoms with van der Waals surface area (Å²) >= 11 is 0. The lowest BCUT2D eigenvalue weighted by Gasteiger charge is -2.15. The van der Waals surface area contributed by atoms with Gasteiger partial charge in [0.05, 0.1) is 6.61 Å². The van der Waals surface area contributed by atoms with Crippen LogP contribution in [0.1, 0.15) is 412 Å². The summed E-state index contributed by atoms with van der Waals surface area (Å²) in [7, 11) is 0. The van der Waals surface area contributed by atoms with Crippen LogP contribution in [0.5, 0.6) is 0 Å². The molecule has 0 saturated heterocycles. The van der Waals surface area contributed by atoms with Gasteiger partial charge in [0.2, 0.25) is 0 Å². The van der Waals surface area contributed by atoms with Crippen LogP contribution < -0.4 is 0 Å². The molecule has 1 N–H and O–H groups in total. The summed E-state index contributed by atoms with van der Waals surface area (Å²) in [6, 6.07) is 0. The first kappa shape index (κ1) is 81.6. The predicted molar refractivity (Wildman–Crippen MR) is 371 cm³/mol. The topological polar surface area (TPSA) is 72.8 Å². The van der Waals surface area contributed by atoms with Crippen molar-refractivity contribution in [1.82, 2.24) is 0 Å². The van der Waals surface area contributed by atoms with Gasteiger partial charge in [-0.2, -0.15) is 0 Å². The van der Waals surface area contributed by atoms with E-state index in [1.807, 2.05) is 0 Å². The zero-order valence-electron chi connectivity index (χ0n) is 56.7. The standard InChI is InChI=1S/C79H146O5/c1-3-5-7-9-11-13-15-17-19-21-23-25-27-29-31-33-35-37-38-39-40-42-43-45-47-49-51-53-55-57-59-61-63-65-67-69-71-73-78(81)83-76-77(75-80)84-79(82)74-72-70-68-66-64-62-60-58-56-54-52-50-48-46-44-41-36-34-32-30-28-26-24-22-20-18-16-14-12-10-8-6-4-2/h6,8,12,14,18,20-21,23-24,26,77,80H,3-5,7,9-11,13,15-17,19,22,25,27-76H2,1-2H3/b8-6-,14-12-,20-18-,23-21-,26-24-. The van der Waals surface area contributed by atoms with Crippen molar-refractivity contribution in [2.75, 3.05) is 13.2 Å². The Morgan fingerprint density at radius 1 is 0.286 bits per heavy atom. The molecule has 0 aliphatic rings. The van der Waals surface area contributed by atoms with Crippen molar-refractivity contribution in [1.29, 1.82) is 0 Å². The van der Waals surface area contributed by atoms with Gasteiger partial charge < -0.3 is 14.6 Å². The average molecular weight is 1180 g/mol. The van der Waals surface area contributed by atoms with Crippen LogP contribution >= 0.6 is 0 Å². The van der Waals surface area contributed by atoms with Gasteiger partial charge >= 0.3 is 11.9 Å². The molecule has 1 unspecified atom stereocenters. The van der Waals surface area contributed by atoms with Gasteiger partial charge in [-0.05, 0) is 77.0 Å². The number of ether oxygens (including phenoxy) is 2. The van der Waals surface area contributed by atoms with Gasteiger partial charge in [0.25, 0.3) is 0 Å². The number of hydrogen-bond donors (Lipinski definition) is 1. The van der Waals surface area contributed by atoms with Crippen molar-refractivity contribution in [3.8, 4) is 0 Å². The summed E-state index contributed by atoms with van der Waals surface area (Å²) in [4.78, 5) is 24.7. The van der Waals surface area contributed by atoms with E-state index in [-0.39, 0.29) is 25.2 Å². The molecule has 0 aliphatic heterocycles. The van der Waals surface area contributed by atoms with Crippen LogP contribution in [0, 0.1) is 0 Å². The molecule has 0 amide bonds. The SMILES string of the molecule is CC/C=C\C/C=C\C/C=C\C/C=C\CCCCCCCCCCCCCCCCCCCCCCC(=O)OC(CO)COC(=O)CCCCCCCCCCCCCCCCCCCCCCCCCCC/C=C\CCCCCCCCCC. The minimum Gasteiger partial charge on any atom is -0.462 e. The highest BCUT2D eigenvalue weighted by Crippen LogP contribution is 2.19. The van der Waals surface area contributed by atoms with E-state index in [1.54, 1.807) is 0 Å². The second-order valence-electron chi connectivity index (χ2n) is 25.7. The Morgan fingerprint density at radius 3 is 0.786 bits per heavy atom. The van der Waals surface area contributed by atoms with E-state index in [9.17, 15) is 14.7 Å². The summed E-state index contributed by atoms with van der Waals surface area (Å²) in [5.74, 6) is -0.566. The molecule has 0 radical (unpaired) electrons. The Kier molecular flexibility index (Phi) is 72.7. The van der Waals surface area contributed by atoms with Crippen molar-refractivity contribution >= 4 is 11.9 Å². The van der Waals surface area contributed by atoms with E-state index >= 15 is 0 Å². The van der Waals surface area contributed by atoms with Crippen molar-refractivity contribution in [2.24, 2.45) is 0 Å². The van der Waals surface area contributed by atoms with E-state index < -0.39 is 6.10 Å². The predicted octanol–water partition coefficient (Wildman–Crippen LogP) is 26.4. The minimum atomic E-state index is -0.772. The molecule has 492 valence electrons. The highest BCUT2D eigenvalue weighted by atomic mass is 16.6. The number of carbonyl (C=O) groups excluding carboxylic acids is 2. The number of rotatable bonds is 71. The smallest absolute Gasteiger partial charge is 0.306 e. The second-order valence-corrected chi connectivity index (χ2v) is 25.7. The Labute approximate surface area is 525 Å². The molecule has 5 heteroatoms. The number of hydrogen-bond acceptors (Lipinski definition) is 5. The third-order valence-electron chi connectivity index (χ3n) is 17.3. The third-order valence-corrected chi connectivity index (χ3v) is 17.3. The number of carbonyl (C=O) groups is 2. The molecule has 0 heterocycles. The fraction of sp³-hybridized carbons (Fsp3) is 0.848. The summed E-state index contributed by atoms with van der Waals surface area (Å²) < 4.78 is 10.8. The molecule has 0 spiro atoms. The Hall–Kier alpha value is -2.40. The van der Waals surface area contributed by atoms with Crippen LogP contribution in [-0.4, -0.2) is 36.4 Å². The molecule has 0 saturated carbocycles. The highest BCUT2D eigenvalue weighted by molar-refractivity contribution is 5.70. The van der Waals surface area contributed by atoms with E-state index in [0.29, 0.717) is 12.8 Å². The van der Waals surface area contributed by atoms with Crippen molar-refractivity contribution in [3.63, 3.8) is 0 Å². The van der Waals surface area contributed by atoms with Crippen LogP contribution in [0.4, 0.5) is 0 Å². The van der Waals surface area contributed by atoms with Gasteiger partial charge in [-0.1, -0.05) is 383 Å². The maximum absolute atomic E-state index is 12.4. The molecule has 1 atom stereocenters. The first-order valence-corrected chi connectivity index (χ1v) is 37.8. The Bertz CT molecular complexity index is 1430. The quantitative estimate of drug-likeness (QED) is 0.0373. The van der Waals surface area contributed by atoms with Gasteiger partial charge in [-0.15, -0.1) is 0 Å². The average Bonchev–Trinajstić information content (AvgIpc) is 3.51. The summed E-state index contributed by atoms with van der Waals surface area (Å²) in [6.45, 7) is 4.09. The molecule has 0 bridgehead atoms. The van der Waals surface area contributed by atoms with Crippen LogP contribution in [0.25, 0.3) is 0 Å². The normalized spacial score (nSPS) is 12.5. The molecule has 0 aliphatic carbocycles. The van der Waals surface area contributed by atoms with Gasteiger partial charge in [0.1, 0.15) is 6.61 Å². The van der Waals surface area contributed by atoms with Gasteiger partial charge in [-0.3, -0.25) is 9.59 Å². The van der Waals surface area contributed by atoms with Crippen molar-refractivity contribution in [2.45, 2.75) is 418 Å². The summed E-state index contributed by atoms with van der Waals surface area (Å²) in [6.07, 6.45) is 103.